The van der Waals surface area contributed by atoms with Crippen LogP contribution in [0.15, 0.2) is 23.0 Å². The van der Waals surface area contributed by atoms with Crippen LogP contribution in [0, 0.1) is 0 Å². The minimum Gasteiger partial charge on any atom is -0.472 e. The molecule has 0 spiro atoms. The van der Waals surface area contributed by atoms with E-state index in [0.717, 1.165) is 25.7 Å². The molecule has 0 atom stereocenters. The normalized spacial score (nSPS) is 18.1. The van der Waals surface area contributed by atoms with Crippen LogP contribution in [0.5, 0.6) is 0 Å². The van der Waals surface area contributed by atoms with Gasteiger partial charge in [0.1, 0.15) is 0 Å². The first-order chi connectivity index (χ1) is 7.90. The summed E-state index contributed by atoms with van der Waals surface area (Å²) in [6.07, 6.45) is 7.41. The predicted molar refractivity (Wildman–Crippen MR) is 65.3 cm³/mol. The van der Waals surface area contributed by atoms with Crippen molar-refractivity contribution in [3.05, 3.63) is 24.2 Å². The van der Waals surface area contributed by atoms with E-state index in [4.69, 9.17) is 4.42 Å². The molecule has 16 heavy (non-hydrogen) atoms. The van der Waals surface area contributed by atoms with Crippen molar-refractivity contribution in [3.63, 3.8) is 0 Å². The molecule has 1 N–H and O–H groups in total. The third kappa shape index (κ3) is 3.09. The Morgan fingerprint density at radius 2 is 2.25 bits per heavy atom. The molecule has 0 bridgehead atoms. The summed E-state index contributed by atoms with van der Waals surface area (Å²) >= 11 is 0. The van der Waals surface area contributed by atoms with Gasteiger partial charge in [-0.25, -0.2) is 0 Å². The highest BCUT2D eigenvalue weighted by atomic mass is 16.3. The van der Waals surface area contributed by atoms with Crippen molar-refractivity contribution in [2.75, 3.05) is 19.6 Å². The fraction of sp³-hybridized carbons (Fsp3) is 0.692. The molecule has 1 aliphatic rings. The smallest absolute Gasteiger partial charge is 0.0947 e. The molecule has 1 aromatic heterocycles. The van der Waals surface area contributed by atoms with Crippen molar-refractivity contribution >= 4 is 0 Å². The van der Waals surface area contributed by atoms with Gasteiger partial charge >= 0.3 is 0 Å². The molecule has 2 rings (SSSR count). The summed E-state index contributed by atoms with van der Waals surface area (Å²) in [6.45, 7) is 6.81. The van der Waals surface area contributed by atoms with Gasteiger partial charge in [-0.2, -0.15) is 0 Å². The number of rotatable bonds is 5. The lowest BCUT2D eigenvalue weighted by molar-refractivity contribution is 0.154. The predicted octanol–water partition coefficient (Wildman–Crippen LogP) is 2.24. The summed E-state index contributed by atoms with van der Waals surface area (Å²) in [5, 5.41) is 3.43. The molecule has 0 radical (unpaired) electrons. The maximum absolute atomic E-state index is 5.14. The van der Waals surface area contributed by atoms with Gasteiger partial charge in [0.25, 0.3) is 0 Å². The number of piperidine rings is 1. The van der Waals surface area contributed by atoms with Crippen LogP contribution < -0.4 is 5.32 Å². The fourth-order valence-electron chi connectivity index (χ4n) is 2.47. The van der Waals surface area contributed by atoms with Gasteiger partial charge in [-0.1, -0.05) is 6.92 Å². The molecule has 1 aliphatic heterocycles. The van der Waals surface area contributed by atoms with Crippen molar-refractivity contribution in [2.45, 2.75) is 38.8 Å². The van der Waals surface area contributed by atoms with Crippen LogP contribution in [-0.2, 0) is 6.54 Å². The minimum absolute atomic E-state index is 0.746. The highest BCUT2D eigenvalue weighted by Gasteiger charge is 2.20. The van der Waals surface area contributed by atoms with E-state index >= 15 is 0 Å². The van der Waals surface area contributed by atoms with Crippen molar-refractivity contribution < 1.29 is 4.42 Å². The first-order valence-electron chi connectivity index (χ1n) is 6.36. The Hall–Kier alpha value is -0.800. The second-order valence-corrected chi connectivity index (χ2v) is 4.58. The minimum atomic E-state index is 0.746. The Balaban J connectivity index is 1.92. The Labute approximate surface area is 97.8 Å². The third-order valence-corrected chi connectivity index (χ3v) is 3.30. The van der Waals surface area contributed by atoms with Crippen LogP contribution in [0.25, 0.3) is 0 Å². The molecule has 1 saturated heterocycles. The van der Waals surface area contributed by atoms with E-state index in [-0.39, 0.29) is 0 Å². The highest BCUT2D eigenvalue weighted by molar-refractivity contribution is 5.05. The maximum atomic E-state index is 5.14. The summed E-state index contributed by atoms with van der Waals surface area (Å²) in [6, 6.07) is 2.82. The Morgan fingerprint density at radius 1 is 1.44 bits per heavy atom. The van der Waals surface area contributed by atoms with Gasteiger partial charge in [-0.3, -0.25) is 4.90 Å². The van der Waals surface area contributed by atoms with Crippen molar-refractivity contribution in [1.29, 1.82) is 0 Å². The number of hydrogen-bond donors (Lipinski definition) is 1. The molecule has 0 aromatic carbocycles. The highest BCUT2D eigenvalue weighted by Crippen LogP contribution is 2.16. The molecular weight excluding hydrogens is 200 g/mol. The zero-order chi connectivity index (χ0) is 11.2. The molecule has 3 nitrogen and oxygen atoms in total. The van der Waals surface area contributed by atoms with Crippen molar-refractivity contribution in [1.82, 2.24) is 10.2 Å². The summed E-state index contributed by atoms with van der Waals surface area (Å²) in [5.41, 5.74) is 1.30. The van der Waals surface area contributed by atoms with E-state index in [1.165, 1.54) is 31.4 Å². The van der Waals surface area contributed by atoms with Crippen LogP contribution in [0.1, 0.15) is 31.7 Å². The van der Waals surface area contributed by atoms with Crippen LogP contribution in [0.3, 0.4) is 0 Å². The standard InChI is InChI=1S/C13H22N2O/c1-2-8-15(10-12-5-9-16-11-12)13-3-6-14-7-4-13/h5,9,11,13-14H,2-4,6-8,10H2,1H3. The molecular formula is C13H22N2O. The quantitative estimate of drug-likeness (QED) is 0.828. The zero-order valence-electron chi connectivity index (χ0n) is 10.1. The monoisotopic (exact) mass is 222 g/mol. The summed E-state index contributed by atoms with van der Waals surface area (Å²) in [4.78, 5) is 2.60. The van der Waals surface area contributed by atoms with Gasteiger partial charge in [0, 0.05) is 18.2 Å². The van der Waals surface area contributed by atoms with Crippen LogP contribution in [-0.4, -0.2) is 30.6 Å². The first-order valence-corrected chi connectivity index (χ1v) is 6.36. The Kier molecular flexibility index (Phi) is 4.43. The molecule has 0 unspecified atom stereocenters. The zero-order valence-corrected chi connectivity index (χ0v) is 10.1. The van der Waals surface area contributed by atoms with E-state index in [1.807, 2.05) is 6.26 Å². The molecule has 2 heterocycles. The van der Waals surface area contributed by atoms with Gasteiger partial charge in [0.05, 0.1) is 12.5 Å². The average Bonchev–Trinajstić information content (AvgIpc) is 2.83. The lowest BCUT2D eigenvalue weighted by Gasteiger charge is -2.34. The second kappa shape index (κ2) is 6.06. The van der Waals surface area contributed by atoms with Crippen LogP contribution in [0.4, 0.5) is 0 Å². The Morgan fingerprint density at radius 3 is 2.88 bits per heavy atom. The lowest BCUT2D eigenvalue weighted by Crippen LogP contribution is -2.43. The number of nitrogens with zero attached hydrogens (tertiary/aromatic N) is 1. The molecule has 1 fully saturated rings. The van der Waals surface area contributed by atoms with Crippen LogP contribution >= 0.6 is 0 Å². The van der Waals surface area contributed by atoms with Gasteiger partial charge in [-0.15, -0.1) is 0 Å². The van der Waals surface area contributed by atoms with Gasteiger partial charge < -0.3 is 9.73 Å². The maximum Gasteiger partial charge on any atom is 0.0947 e. The largest absolute Gasteiger partial charge is 0.472 e. The number of nitrogens with one attached hydrogen (secondary N) is 1. The lowest BCUT2D eigenvalue weighted by atomic mass is 10.0. The van der Waals surface area contributed by atoms with Gasteiger partial charge in [0.15, 0.2) is 0 Å². The molecule has 0 saturated carbocycles. The summed E-state index contributed by atoms with van der Waals surface area (Å²) in [7, 11) is 0. The SMILES string of the molecule is CCCN(Cc1ccoc1)C1CCNCC1. The third-order valence-electron chi connectivity index (χ3n) is 3.30. The van der Waals surface area contributed by atoms with Crippen LogP contribution in [0.2, 0.25) is 0 Å². The van der Waals surface area contributed by atoms with E-state index < -0.39 is 0 Å². The molecule has 90 valence electrons. The second-order valence-electron chi connectivity index (χ2n) is 4.58. The Bertz CT molecular complexity index is 278. The molecule has 0 amide bonds. The average molecular weight is 222 g/mol. The summed E-state index contributed by atoms with van der Waals surface area (Å²) < 4.78 is 5.14. The summed E-state index contributed by atoms with van der Waals surface area (Å²) in [5.74, 6) is 0. The molecule has 3 heteroatoms. The van der Waals surface area contributed by atoms with Crippen molar-refractivity contribution in [2.24, 2.45) is 0 Å². The van der Waals surface area contributed by atoms with Crippen molar-refractivity contribution in [3.8, 4) is 0 Å². The molecule has 0 aliphatic carbocycles. The topological polar surface area (TPSA) is 28.4 Å². The number of hydrogen-bond acceptors (Lipinski definition) is 3. The van der Waals surface area contributed by atoms with E-state index in [2.05, 4.69) is 23.2 Å². The van der Waals surface area contributed by atoms with E-state index in [1.54, 1.807) is 6.26 Å². The fourth-order valence-corrected chi connectivity index (χ4v) is 2.47. The van der Waals surface area contributed by atoms with E-state index in [9.17, 15) is 0 Å². The van der Waals surface area contributed by atoms with E-state index in [0.29, 0.717) is 0 Å². The van der Waals surface area contributed by atoms with Gasteiger partial charge in [-0.05, 0) is 45.0 Å². The first kappa shape index (κ1) is 11.7. The van der Waals surface area contributed by atoms with Gasteiger partial charge in [0.2, 0.25) is 0 Å². The number of furan rings is 1. The molecule has 1 aromatic rings.